The van der Waals surface area contributed by atoms with Crippen LogP contribution in [0.4, 0.5) is 5.82 Å². The molecule has 0 saturated heterocycles. The zero-order valence-electron chi connectivity index (χ0n) is 10.3. The maximum absolute atomic E-state index is 12.0. The molecule has 0 bridgehead atoms. The first-order valence-electron chi connectivity index (χ1n) is 5.58. The highest BCUT2D eigenvalue weighted by molar-refractivity contribution is 5.88. The highest BCUT2D eigenvalue weighted by Gasteiger charge is 2.24. The summed E-state index contributed by atoms with van der Waals surface area (Å²) in [6, 6.07) is 1.58. The number of hydrogen-bond acceptors (Lipinski definition) is 4. The summed E-state index contributed by atoms with van der Waals surface area (Å²) >= 11 is 0. The van der Waals surface area contributed by atoms with Crippen LogP contribution in [0, 0.1) is 11.8 Å². The van der Waals surface area contributed by atoms with Gasteiger partial charge in [-0.3, -0.25) is 4.79 Å². The Morgan fingerprint density at radius 3 is 2.50 bits per heavy atom. The van der Waals surface area contributed by atoms with Crippen LogP contribution >= 0.6 is 0 Å². The second-order valence-electron chi connectivity index (χ2n) is 4.52. The molecule has 0 aliphatic carbocycles. The number of rotatable bonds is 5. The first-order valence-corrected chi connectivity index (χ1v) is 5.58. The van der Waals surface area contributed by atoms with Gasteiger partial charge in [0.2, 0.25) is 0 Å². The maximum atomic E-state index is 12.0. The second kappa shape index (κ2) is 5.58. The fourth-order valence-corrected chi connectivity index (χ4v) is 1.46. The number of hydrogen-bond donors (Lipinski definition) is 1. The van der Waals surface area contributed by atoms with Crippen molar-refractivity contribution in [3.63, 3.8) is 0 Å². The van der Waals surface area contributed by atoms with Crippen LogP contribution in [0.5, 0.6) is 0 Å². The van der Waals surface area contributed by atoms with Gasteiger partial charge in [0.05, 0.1) is 6.04 Å². The molecule has 1 atom stereocenters. The number of Topliss-reactive ketones (excluding diaryl/α,β-unsaturated/α-hetero) is 1. The molecule has 1 N–H and O–H groups in total. The Kier molecular flexibility index (Phi) is 4.40. The average molecular weight is 223 g/mol. The molecule has 90 valence electrons. The molecule has 4 nitrogen and oxygen atoms in total. The normalized spacial score (nSPS) is 12.9. The lowest BCUT2D eigenvalue weighted by Gasteiger charge is -2.23. The van der Waals surface area contributed by atoms with Crippen molar-refractivity contribution < 1.29 is 6.22 Å². The minimum absolute atomic E-state index is 0. The van der Waals surface area contributed by atoms with Gasteiger partial charge in [0.25, 0.3) is 0 Å². The minimum atomic E-state index is -0.185. The zero-order valence-corrected chi connectivity index (χ0v) is 10.3. The van der Waals surface area contributed by atoms with Crippen LogP contribution in [-0.4, -0.2) is 21.8 Å². The topological polar surface area (TPSA) is 54.9 Å². The first kappa shape index (κ1) is 12.6. The molecule has 0 spiro atoms. The van der Waals surface area contributed by atoms with Crippen molar-refractivity contribution in [2.24, 2.45) is 11.8 Å². The molecule has 0 radical (unpaired) electrons. The van der Waals surface area contributed by atoms with Crippen molar-refractivity contribution in [2.75, 3.05) is 5.32 Å². The molecule has 1 aromatic rings. The zero-order chi connectivity index (χ0) is 12.1. The summed E-state index contributed by atoms with van der Waals surface area (Å²) in [5.74, 6) is 1.18. The maximum Gasteiger partial charge on any atom is 0.157 e. The number of aromatic nitrogens is 2. The summed E-state index contributed by atoms with van der Waals surface area (Å²) in [5, 5.41) is 3.16. The molecular formula is C12H21N3O. The minimum Gasteiger partial charge on any atom is -0.360 e. The van der Waals surface area contributed by atoms with Gasteiger partial charge in [-0.25, -0.2) is 9.97 Å². The summed E-state index contributed by atoms with van der Waals surface area (Å²) in [4.78, 5) is 19.9. The van der Waals surface area contributed by atoms with Gasteiger partial charge in [-0.2, -0.15) is 0 Å². The highest BCUT2D eigenvalue weighted by atomic mass is 16.1. The summed E-state index contributed by atoms with van der Waals surface area (Å²) in [5.41, 5.74) is 0. The Morgan fingerprint density at radius 2 is 2.06 bits per heavy atom. The molecule has 0 amide bonds. The molecule has 4 heteroatoms. The number of carbonyl (C=O) groups is 1. The molecule has 0 aromatic carbocycles. The van der Waals surface area contributed by atoms with Gasteiger partial charge in [-0.05, 0) is 12.0 Å². The van der Waals surface area contributed by atoms with Crippen molar-refractivity contribution in [1.82, 2.24) is 9.97 Å². The Labute approximate surface area is 98.0 Å². The lowest BCUT2D eigenvalue weighted by atomic mass is 9.93. The molecule has 0 aliphatic heterocycles. The fraction of sp³-hybridized carbons (Fsp3) is 0.583. The third-order valence-corrected chi connectivity index (χ3v) is 2.43. The summed E-state index contributed by atoms with van der Waals surface area (Å²) in [7, 11) is 0. The second-order valence-corrected chi connectivity index (χ2v) is 4.52. The van der Waals surface area contributed by atoms with Gasteiger partial charge in [0.15, 0.2) is 5.78 Å². The average Bonchev–Trinajstić information content (AvgIpc) is 2.26. The standard InChI is InChI=1S/C12H19N3O.H2/c1-8(2)11(12(16)9(3)4)15-10-5-6-13-7-14-10;/h5-9,11H,1-4H3,(H,13,14,15);1H/t11-;/m0./s1. The van der Waals surface area contributed by atoms with Crippen molar-refractivity contribution in [2.45, 2.75) is 33.7 Å². The van der Waals surface area contributed by atoms with Crippen LogP contribution in [0.2, 0.25) is 0 Å². The molecule has 0 saturated carbocycles. The van der Waals surface area contributed by atoms with Gasteiger partial charge >= 0.3 is 0 Å². The van der Waals surface area contributed by atoms with E-state index in [2.05, 4.69) is 15.3 Å². The van der Waals surface area contributed by atoms with Crippen molar-refractivity contribution in [3.8, 4) is 0 Å². The number of nitrogens with one attached hydrogen (secondary N) is 1. The third kappa shape index (κ3) is 3.29. The predicted octanol–water partition coefficient (Wildman–Crippen LogP) is 2.38. The van der Waals surface area contributed by atoms with E-state index in [-0.39, 0.29) is 25.1 Å². The lowest BCUT2D eigenvalue weighted by Crippen LogP contribution is -2.37. The van der Waals surface area contributed by atoms with E-state index >= 15 is 0 Å². The number of nitrogens with zero attached hydrogens (tertiary/aromatic N) is 2. The molecule has 0 aliphatic rings. The van der Waals surface area contributed by atoms with E-state index in [0.29, 0.717) is 5.82 Å². The van der Waals surface area contributed by atoms with Crippen molar-refractivity contribution in [3.05, 3.63) is 18.6 Å². The van der Waals surface area contributed by atoms with Crippen LogP contribution in [0.1, 0.15) is 29.1 Å². The Hall–Kier alpha value is -1.45. The van der Waals surface area contributed by atoms with E-state index in [4.69, 9.17) is 0 Å². The predicted molar refractivity (Wildman–Crippen MR) is 66.2 cm³/mol. The quantitative estimate of drug-likeness (QED) is 0.832. The van der Waals surface area contributed by atoms with E-state index in [1.54, 1.807) is 12.3 Å². The molecule has 1 aromatic heterocycles. The van der Waals surface area contributed by atoms with Crippen molar-refractivity contribution in [1.29, 1.82) is 0 Å². The largest absolute Gasteiger partial charge is 0.360 e. The van der Waals surface area contributed by atoms with Gasteiger partial charge in [-0.15, -0.1) is 0 Å². The smallest absolute Gasteiger partial charge is 0.157 e. The molecule has 0 unspecified atom stereocenters. The highest BCUT2D eigenvalue weighted by Crippen LogP contribution is 2.14. The number of ketones is 1. The summed E-state index contributed by atoms with van der Waals surface area (Å²) in [6.07, 6.45) is 3.13. The monoisotopic (exact) mass is 223 g/mol. The van der Waals surface area contributed by atoms with Gasteiger partial charge < -0.3 is 5.32 Å². The van der Waals surface area contributed by atoms with Crippen LogP contribution in [0.25, 0.3) is 0 Å². The fourth-order valence-electron chi connectivity index (χ4n) is 1.46. The molecule has 0 fully saturated rings. The lowest BCUT2D eigenvalue weighted by molar-refractivity contribution is -0.123. The van der Waals surface area contributed by atoms with Gasteiger partial charge in [0.1, 0.15) is 12.1 Å². The number of carbonyl (C=O) groups excluding carboxylic acids is 1. The third-order valence-electron chi connectivity index (χ3n) is 2.43. The SMILES string of the molecule is CC(C)C(=O)[C@@H](Nc1ccncn1)C(C)C.[HH]. The van der Waals surface area contributed by atoms with Crippen LogP contribution in [0.3, 0.4) is 0 Å². The van der Waals surface area contributed by atoms with Crippen LogP contribution < -0.4 is 5.32 Å². The molecule has 1 heterocycles. The van der Waals surface area contributed by atoms with E-state index in [9.17, 15) is 4.79 Å². The molecule has 16 heavy (non-hydrogen) atoms. The van der Waals surface area contributed by atoms with Crippen LogP contribution in [-0.2, 0) is 4.79 Å². The van der Waals surface area contributed by atoms with E-state index in [1.165, 1.54) is 6.33 Å². The number of anilines is 1. The Balaban J connectivity index is 0.00000256. The van der Waals surface area contributed by atoms with Crippen LogP contribution in [0.15, 0.2) is 18.6 Å². The Bertz CT molecular complexity index is 341. The van der Waals surface area contributed by atoms with Gasteiger partial charge in [0, 0.05) is 13.5 Å². The molecular weight excluding hydrogens is 202 g/mol. The summed E-state index contributed by atoms with van der Waals surface area (Å²) < 4.78 is 0. The summed E-state index contributed by atoms with van der Waals surface area (Å²) in [6.45, 7) is 7.89. The van der Waals surface area contributed by atoms with E-state index in [0.717, 1.165) is 0 Å². The van der Waals surface area contributed by atoms with Crippen molar-refractivity contribution >= 4 is 11.6 Å². The van der Waals surface area contributed by atoms with E-state index in [1.807, 2.05) is 27.7 Å². The first-order chi connectivity index (χ1) is 7.52. The van der Waals surface area contributed by atoms with Gasteiger partial charge in [-0.1, -0.05) is 27.7 Å². The Morgan fingerprint density at radius 1 is 1.38 bits per heavy atom. The molecule has 1 rings (SSSR count). The van der Waals surface area contributed by atoms with E-state index < -0.39 is 0 Å².